The Bertz CT molecular complexity index is 643. The molecule has 0 fully saturated rings. The zero-order valence-corrected chi connectivity index (χ0v) is 12.5. The number of hydrogen-bond donors (Lipinski definition) is 2. The Balaban J connectivity index is 2.46. The third-order valence-corrected chi connectivity index (χ3v) is 3.25. The van der Waals surface area contributed by atoms with Gasteiger partial charge in [0.15, 0.2) is 0 Å². The molecule has 0 saturated heterocycles. The molecule has 0 spiro atoms. The second-order valence-electron chi connectivity index (χ2n) is 5.10. The number of para-hydroxylation sites is 1. The van der Waals surface area contributed by atoms with Crippen LogP contribution in [0.3, 0.4) is 0 Å². The van der Waals surface area contributed by atoms with Crippen molar-refractivity contribution < 1.29 is 9.53 Å². The molecule has 112 valence electrons. The lowest BCUT2D eigenvalue weighted by atomic mass is 10.0. The molecule has 1 unspecified atom stereocenters. The Hall–Kier alpha value is -2.21. The topological polar surface area (TPSA) is 90.1 Å². The molecule has 0 saturated carbocycles. The summed E-state index contributed by atoms with van der Waals surface area (Å²) in [6.07, 6.45) is 0. The van der Waals surface area contributed by atoms with Gasteiger partial charge >= 0.3 is 5.97 Å². The van der Waals surface area contributed by atoms with E-state index in [1.54, 1.807) is 0 Å². The first kappa shape index (κ1) is 15.2. The van der Waals surface area contributed by atoms with E-state index in [1.165, 1.54) is 7.11 Å². The highest BCUT2D eigenvalue weighted by atomic mass is 16.5. The number of carbonyl (C=O) groups is 1. The minimum atomic E-state index is -0.473. The fourth-order valence-corrected chi connectivity index (χ4v) is 2.10. The van der Waals surface area contributed by atoms with Gasteiger partial charge in [-0.3, -0.25) is 0 Å². The number of carbonyl (C=O) groups excluding carboxylic acids is 1. The Labute approximate surface area is 123 Å². The van der Waals surface area contributed by atoms with Crippen LogP contribution in [-0.4, -0.2) is 29.1 Å². The van der Waals surface area contributed by atoms with E-state index in [9.17, 15) is 4.79 Å². The molecule has 0 amide bonds. The average Bonchev–Trinajstić information content (AvgIpc) is 2.50. The van der Waals surface area contributed by atoms with Crippen molar-refractivity contribution in [2.45, 2.75) is 26.4 Å². The van der Waals surface area contributed by atoms with Gasteiger partial charge in [0.05, 0.1) is 19.2 Å². The Kier molecular flexibility index (Phi) is 4.70. The van der Waals surface area contributed by atoms with E-state index in [0.29, 0.717) is 11.6 Å². The molecule has 2 aromatic rings. The molecule has 0 radical (unpaired) electrons. The lowest BCUT2D eigenvalue weighted by molar-refractivity contribution is -0.142. The van der Waals surface area contributed by atoms with E-state index in [4.69, 9.17) is 10.5 Å². The first-order valence-electron chi connectivity index (χ1n) is 6.87. The third-order valence-electron chi connectivity index (χ3n) is 3.25. The van der Waals surface area contributed by atoms with Crippen molar-refractivity contribution >= 4 is 22.7 Å². The molecule has 1 heterocycles. The molecular weight excluding hydrogens is 268 g/mol. The van der Waals surface area contributed by atoms with Gasteiger partial charge in [0.25, 0.3) is 0 Å². The Morgan fingerprint density at radius 2 is 2.05 bits per heavy atom. The molecule has 21 heavy (non-hydrogen) atoms. The largest absolute Gasteiger partial charge is 0.467 e. The molecule has 0 bridgehead atoms. The molecule has 0 aliphatic rings. The predicted molar refractivity (Wildman–Crippen MR) is 81.7 cm³/mol. The third kappa shape index (κ3) is 3.28. The van der Waals surface area contributed by atoms with Crippen molar-refractivity contribution in [1.29, 1.82) is 0 Å². The van der Waals surface area contributed by atoms with Gasteiger partial charge < -0.3 is 15.8 Å². The normalized spacial score (nSPS) is 12.4. The van der Waals surface area contributed by atoms with Crippen LogP contribution >= 0.6 is 0 Å². The van der Waals surface area contributed by atoms with Gasteiger partial charge in [-0.15, -0.1) is 0 Å². The maximum atomic E-state index is 11.9. The van der Waals surface area contributed by atoms with E-state index in [-0.39, 0.29) is 18.4 Å². The van der Waals surface area contributed by atoms with Crippen molar-refractivity contribution in [2.24, 2.45) is 11.7 Å². The van der Waals surface area contributed by atoms with Gasteiger partial charge in [-0.1, -0.05) is 26.0 Å². The number of esters is 1. The van der Waals surface area contributed by atoms with Gasteiger partial charge in [0, 0.05) is 5.39 Å². The molecule has 2 rings (SSSR count). The molecule has 1 atom stereocenters. The summed E-state index contributed by atoms with van der Waals surface area (Å²) in [6.45, 7) is 4.13. The van der Waals surface area contributed by atoms with Crippen molar-refractivity contribution in [3.8, 4) is 0 Å². The van der Waals surface area contributed by atoms with Crippen LogP contribution in [0, 0.1) is 5.92 Å². The number of rotatable bonds is 5. The molecular formula is C15H20N4O2. The number of nitrogens with two attached hydrogens (primary N) is 1. The minimum absolute atomic E-state index is 0.0625. The van der Waals surface area contributed by atoms with Crippen LogP contribution in [0.25, 0.3) is 10.9 Å². The number of nitrogens with zero attached hydrogens (tertiary/aromatic N) is 2. The number of fused-ring (bicyclic) bond motifs is 1. The lowest BCUT2D eigenvalue weighted by Crippen LogP contribution is -2.36. The summed E-state index contributed by atoms with van der Waals surface area (Å²) in [5, 5.41) is 4.02. The zero-order chi connectivity index (χ0) is 15.4. The summed E-state index contributed by atoms with van der Waals surface area (Å²) < 4.78 is 4.84. The zero-order valence-electron chi connectivity index (χ0n) is 12.5. The SMILES string of the molecule is COC(=O)C(Nc1nc(CN)nc2ccccc12)C(C)C. The number of hydrogen-bond acceptors (Lipinski definition) is 6. The highest BCUT2D eigenvalue weighted by molar-refractivity contribution is 5.91. The van der Waals surface area contributed by atoms with E-state index >= 15 is 0 Å². The smallest absolute Gasteiger partial charge is 0.328 e. The van der Waals surface area contributed by atoms with Gasteiger partial charge in [-0.05, 0) is 18.1 Å². The number of aromatic nitrogens is 2. The Morgan fingerprint density at radius 3 is 2.67 bits per heavy atom. The number of nitrogens with one attached hydrogen (secondary N) is 1. The molecule has 1 aromatic carbocycles. The van der Waals surface area contributed by atoms with Crippen LogP contribution in [0.2, 0.25) is 0 Å². The highest BCUT2D eigenvalue weighted by Gasteiger charge is 2.24. The molecule has 1 aromatic heterocycles. The quantitative estimate of drug-likeness (QED) is 0.814. The van der Waals surface area contributed by atoms with Crippen molar-refractivity contribution in [3.05, 3.63) is 30.1 Å². The summed E-state index contributed by atoms with van der Waals surface area (Å²) in [4.78, 5) is 20.7. The fraction of sp³-hybridized carbons (Fsp3) is 0.400. The second-order valence-corrected chi connectivity index (χ2v) is 5.10. The van der Waals surface area contributed by atoms with Crippen LogP contribution in [0.1, 0.15) is 19.7 Å². The summed E-state index contributed by atoms with van der Waals surface area (Å²) >= 11 is 0. The number of anilines is 1. The Morgan fingerprint density at radius 1 is 1.33 bits per heavy atom. The van der Waals surface area contributed by atoms with Crippen LogP contribution in [0.15, 0.2) is 24.3 Å². The first-order chi connectivity index (χ1) is 10.1. The van der Waals surface area contributed by atoms with Crippen LogP contribution in [0.5, 0.6) is 0 Å². The number of methoxy groups -OCH3 is 1. The molecule has 0 aliphatic carbocycles. The summed E-state index contributed by atoms with van der Waals surface area (Å²) in [6, 6.07) is 7.14. The fourth-order valence-electron chi connectivity index (χ4n) is 2.10. The van der Waals surface area contributed by atoms with E-state index in [0.717, 1.165) is 10.9 Å². The van der Waals surface area contributed by atoms with E-state index in [1.807, 2.05) is 38.1 Å². The predicted octanol–water partition coefficient (Wildman–Crippen LogP) is 1.70. The first-order valence-corrected chi connectivity index (χ1v) is 6.87. The number of ether oxygens (including phenoxy) is 1. The van der Waals surface area contributed by atoms with Crippen LogP contribution < -0.4 is 11.1 Å². The highest BCUT2D eigenvalue weighted by Crippen LogP contribution is 2.22. The van der Waals surface area contributed by atoms with Crippen molar-refractivity contribution in [2.75, 3.05) is 12.4 Å². The number of benzene rings is 1. The van der Waals surface area contributed by atoms with Gasteiger partial charge in [-0.2, -0.15) is 0 Å². The molecule has 3 N–H and O–H groups in total. The standard InChI is InChI=1S/C15H20N4O2/c1-9(2)13(15(20)21-3)19-14-10-6-4-5-7-11(10)17-12(8-16)18-14/h4-7,9,13H,8,16H2,1-3H3,(H,17,18,19). The van der Waals surface area contributed by atoms with Crippen molar-refractivity contribution in [1.82, 2.24) is 9.97 Å². The summed E-state index contributed by atoms with van der Waals surface area (Å²) in [5.74, 6) is 0.878. The van der Waals surface area contributed by atoms with Gasteiger partial charge in [-0.25, -0.2) is 14.8 Å². The average molecular weight is 288 g/mol. The van der Waals surface area contributed by atoms with Gasteiger partial charge in [0.2, 0.25) is 0 Å². The maximum Gasteiger partial charge on any atom is 0.328 e. The molecule has 6 heteroatoms. The molecule has 0 aliphatic heterocycles. The summed E-state index contributed by atoms with van der Waals surface area (Å²) in [5.41, 5.74) is 6.44. The van der Waals surface area contributed by atoms with Crippen LogP contribution in [-0.2, 0) is 16.1 Å². The van der Waals surface area contributed by atoms with E-state index in [2.05, 4.69) is 15.3 Å². The van der Waals surface area contributed by atoms with E-state index < -0.39 is 6.04 Å². The second kappa shape index (κ2) is 6.49. The maximum absolute atomic E-state index is 11.9. The minimum Gasteiger partial charge on any atom is -0.467 e. The van der Waals surface area contributed by atoms with Gasteiger partial charge in [0.1, 0.15) is 17.7 Å². The van der Waals surface area contributed by atoms with Crippen LogP contribution in [0.4, 0.5) is 5.82 Å². The molecule has 6 nitrogen and oxygen atoms in total. The summed E-state index contributed by atoms with van der Waals surface area (Å²) in [7, 11) is 1.38. The monoisotopic (exact) mass is 288 g/mol. The van der Waals surface area contributed by atoms with Crippen molar-refractivity contribution in [3.63, 3.8) is 0 Å². The lowest BCUT2D eigenvalue weighted by Gasteiger charge is -2.21.